The third-order valence-electron chi connectivity index (χ3n) is 6.34. The van der Waals surface area contributed by atoms with Crippen molar-refractivity contribution in [1.29, 1.82) is 0 Å². The minimum absolute atomic E-state index is 0.00997. The van der Waals surface area contributed by atoms with Crippen LogP contribution in [0.5, 0.6) is 0 Å². The van der Waals surface area contributed by atoms with Gasteiger partial charge in [0.1, 0.15) is 6.23 Å². The zero-order valence-electron chi connectivity index (χ0n) is 17.8. The maximum Gasteiger partial charge on any atom is 0.434 e. The average Bonchev–Trinajstić information content (AvgIpc) is 3.40. The first-order chi connectivity index (χ1) is 15.6. The first-order valence-electron chi connectivity index (χ1n) is 10.7. The van der Waals surface area contributed by atoms with Crippen LogP contribution in [0.3, 0.4) is 0 Å². The lowest BCUT2D eigenvalue weighted by molar-refractivity contribution is -0.141. The molecule has 5 rings (SSSR count). The topological polar surface area (TPSA) is 109 Å². The summed E-state index contributed by atoms with van der Waals surface area (Å²) in [6.45, 7) is 2.39. The molecule has 174 valence electrons. The fourth-order valence-corrected chi connectivity index (χ4v) is 4.56. The lowest BCUT2D eigenvalue weighted by Gasteiger charge is -2.30. The van der Waals surface area contributed by atoms with Crippen molar-refractivity contribution in [3.05, 3.63) is 47.4 Å². The van der Waals surface area contributed by atoms with Crippen molar-refractivity contribution in [3.63, 3.8) is 0 Å². The van der Waals surface area contributed by atoms with E-state index in [1.54, 1.807) is 12.1 Å². The number of hydrogen-bond acceptors (Lipinski definition) is 6. The number of nitrogens with two attached hydrogens (primary N) is 1. The number of nitrogen functional groups attached to an aromatic ring is 1. The summed E-state index contributed by atoms with van der Waals surface area (Å²) in [6.07, 6.45) is -1.01. The van der Waals surface area contributed by atoms with Gasteiger partial charge in [0, 0.05) is 37.8 Å². The van der Waals surface area contributed by atoms with Gasteiger partial charge in [0.05, 0.1) is 11.9 Å². The second-order valence-corrected chi connectivity index (χ2v) is 8.65. The third kappa shape index (κ3) is 3.91. The number of carbonyl (C=O) groups is 1. The first-order valence-corrected chi connectivity index (χ1v) is 10.7. The normalized spacial score (nSPS) is 19.6. The molecule has 8 nitrogen and oxygen atoms in total. The number of amides is 1. The van der Waals surface area contributed by atoms with E-state index in [0.29, 0.717) is 30.3 Å². The summed E-state index contributed by atoms with van der Waals surface area (Å²) in [5.74, 6) is -0.00636. The van der Waals surface area contributed by atoms with E-state index in [-0.39, 0.29) is 23.4 Å². The quantitative estimate of drug-likeness (QED) is 0.540. The van der Waals surface area contributed by atoms with Crippen LogP contribution in [0.15, 0.2) is 30.6 Å². The van der Waals surface area contributed by atoms with Crippen molar-refractivity contribution in [2.24, 2.45) is 5.92 Å². The van der Waals surface area contributed by atoms with Crippen LogP contribution in [-0.2, 0) is 17.5 Å². The number of hydrogen-bond donors (Lipinski definition) is 3. The molecular weight excluding hydrogens is 437 g/mol. The predicted molar refractivity (Wildman–Crippen MR) is 114 cm³/mol. The molecule has 3 aromatic rings. The Labute approximate surface area is 187 Å². The second kappa shape index (κ2) is 7.70. The number of nitrogens with one attached hydrogen (secondary N) is 1. The summed E-state index contributed by atoms with van der Waals surface area (Å²) < 4.78 is 41.0. The van der Waals surface area contributed by atoms with Crippen molar-refractivity contribution < 1.29 is 23.1 Å². The molecule has 1 aliphatic carbocycles. The molecule has 3 heterocycles. The molecule has 2 aromatic heterocycles. The van der Waals surface area contributed by atoms with Crippen LogP contribution in [0, 0.1) is 5.92 Å². The van der Waals surface area contributed by atoms with E-state index in [9.17, 15) is 23.1 Å². The minimum atomic E-state index is -4.64. The highest BCUT2D eigenvalue weighted by atomic mass is 19.4. The van der Waals surface area contributed by atoms with Crippen molar-refractivity contribution in [3.8, 4) is 11.3 Å². The Morgan fingerprint density at radius 3 is 2.79 bits per heavy atom. The average molecular weight is 460 g/mol. The van der Waals surface area contributed by atoms with E-state index in [4.69, 9.17) is 5.73 Å². The molecule has 0 spiro atoms. The maximum absolute atomic E-state index is 13.2. The number of nitrogens with zero attached hydrogens (tertiary/aromatic N) is 4. The van der Waals surface area contributed by atoms with Gasteiger partial charge in [0.15, 0.2) is 17.2 Å². The van der Waals surface area contributed by atoms with Gasteiger partial charge in [-0.25, -0.2) is 9.97 Å². The van der Waals surface area contributed by atoms with E-state index in [1.165, 1.54) is 17.5 Å². The molecular formula is C22H23F3N6O2. The van der Waals surface area contributed by atoms with E-state index < -0.39 is 18.1 Å². The SMILES string of the molecule is CC(=O)NCC(C1CC1)N1Cc2cc(-c3cnc4c(N)nc(C(F)(F)F)cn34)ccc2C1O. The van der Waals surface area contributed by atoms with Gasteiger partial charge in [-0.15, -0.1) is 0 Å². The molecule has 1 fully saturated rings. The Bertz CT molecular complexity index is 1240. The Kier molecular flexibility index (Phi) is 5.05. The number of benzene rings is 1. The van der Waals surface area contributed by atoms with Gasteiger partial charge in [-0.2, -0.15) is 13.2 Å². The molecule has 1 amide bonds. The zero-order valence-corrected chi connectivity index (χ0v) is 17.8. The fourth-order valence-electron chi connectivity index (χ4n) is 4.56. The lowest BCUT2D eigenvalue weighted by Crippen LogP contribution is -2.44. The summed E-state index contributed by atoms with van der Waals surface area (Å²) in [5.41, 5.74) is 7.49. The molecule has 0 radical (unpaired) electrons. The van der Waals surface area contributed by atoms with E-state index >= 15 is 0 Å². The molecule has 2 atom stereocenters. The van der Waals surface area contributed by atoms with Crippen LogP contribution in [0.2, 0.25) is 0 Å². The van der Waals surface area contributed by atoms with Gasteiger partial charge in [0.25, 0.3) is 0 Å². The van der Waals surface area contributed by atoms with Crippen LogP contribution >= 0.6 is 0 Å². The smallest absolute Gasteiger partial charge is 0.381 e. The maximum atomic E-state index is 13.2. The van der Waals surface area contributed by atoms with Gasteiger partial charge in [-0.1, -0.05) is 12.1 Å². The van der Waals surface area contributed by atoms with E-state index in [2.05, 4.69) is 15.3 Å². The molecule has 1 aliphatic heterocycles. The molecule has 2 aliphatic rings. The minimum Gasteiger partial charge on any atom is -0.381 e. The molecule has 33 heavy (non-hydrogen) atoms. The van der Waals surface area contributed by atoms with Crippen LogP contribution < -0.4 is 11.1 Å². The molecule has 11 heteroatoms. The number of alkyl halides is 3. The van der Waals surface area contributed by atoms with Gasteiger partial charge in [-0.05, 0) is 36.0 Å². The number of aliphatic hydroxyl groups is 1. The number of rotatable bonds is 5. The van der Waals surface area contributed by atoms with Crippen molar-refractivity contribution in [2.45, 2.75) is 44.8 Å². The summed E-state index contributed by atoms with van der Waals surface area (Å²) in [5, 5.41) is 13.8. The van der Waals surface area contributed by atoms with Gasteiger partial charge in [-0.3, -0.25) is 14.1 Å². The third-order valence-corrected chi connectivity index (χ3v) is 6.34. The van der Waals surface area contributed by atoms with Crippen LogP contribution in [0.1, 0.15) is 42.8 Å². The van der Waals surface area contributed by atoms with Crippen LogP contribution in [0.4, 0.5) is 19.0 Å². The number of anilines is 1. The first kappa shape index (κ1) is 21.7. The molecule has 1 aromatic carbocycles. The van der Waals surface area contributed by atoms with Gasteiger partial charge < -0.3 is 16.2 Å². The highest BCUT2D eigenvalue weighted by Gasteiger charge is 2.41. The number of fused-ring (bicyclic) bond motifs is 2. The molecule has 2 unspecified atom stereocenters. The van der Waals surface area contributed by atoms with Crippen molar-refractivity contribution in [2.75, 3.05) is 12.3 Å². The molecule has 0 saturated heterocycles. The van der Waals surface area contributed by atoms with Crippen LogP contribution in [-0.4, -0.2) is 42.9 Å². The number of aliphatic hydroxyl groups excluding tert-OH is 1. The number of imidazole rings is 1. The lowest BCUT2D eigenvalue weighted by atomic mass is 10.0. The van der Waals surface area contributed by atoms with Gasteiger partial charge >= 0.3 is 6.18 Å². The Balaban J connectivity index is 1.49. The van der Waals surface area contributed by atoms with E-state index in [1.807, 2.05) is 11.0 Å². The highest BCUT2D eigenvalue weighted by Crippen LogP contribution is 2.43. The Morgan fingerprint density at radius 1 is 1.36 bits per heavy atom. The largest absolute Gasteiger partial charge is 0.434 e. The number of halogens is 3. The summed E-state index contributed by atoms with van der Waals surface area (Å²) in [6, 6.07) is 5.40. The summed E-state index contributed by atoms with van der Waals surface area (Å²) in [7, 11) is 0. The number of carbonyl (C=O) groups excluding carboxylic acids is 1. The fraction of sp³-hybridized carbons (Fsp3) is 0.409. The zero-order chi connectivity index (χ0) is 23.5. The van der Waals surface area contributed by atoms with Crippen molar-refractivity contribution >= 4 is 17.4 Å². The molecule has 1 saturated carbocycles. The molecule has 4 N–H and O–H groups in total. The van der Waals surface area contributed by atoms with Crippen LogP contribution in [0.25, 0.3) is 16.9 Å². The highest BCUT2D eigenvalue weighted by molar-refractivity contribution is 5.73. The summed E-state index contributed by atoms with van der Waals surface area (Å²) in [4.78, 5) is 21.0. The number of aromatic nitrogens is 3. The standard InChI is InChI=1S/C22H23F3N6O2/c1-11(32)27-7-16(12-2-3-12)31-9-14-6-13(4-5-15(14)21(31)33)17-8-28-20-19(26)29-18(10-30(17)20)22(23,24)25/h4-6,8,10,12,16,21,33H,2-3,7,9H2,1H3,(H2,26,29)(H,27,32). The predicted octanol–water partition coefficient (Wildman–Crippen LogP) is 2.72. The molecule has 0 bridgehead atoms. The van der Waals surface area contributed by atoms with E-state index in [0.717, 1.165) is 30.2 Å². The van der Waals surface area contributed by atoms with Crippen molar-refractivity contribution in [1.82, 2.24) is 24.6 Å². The Hall–Kier alpha value is -3.18. The Morgan fingerprint density at radius 2 is 2.12 bits per heavy atom. The van der Waals surface area contributed by atoms with Gasteiger partial charge in [0.2, 0.25) is 5.91 Å². The second-order valence-electron chi connectivity index (χ2n) is 8.65. The summed E-state index contributed by atoms with van der Waals surface area (Å²) >= 11 is 0. The monoisotopic (exact) mass is 460 g/mol.